The Morgan fingerprint density at radius 1 is 1.35 bits per heavy atom. The molecule has 3 rings (SSSR count). The molecule has 2 bridgehead atoms. The quantitative estimate of drug-likeness (QED) is 0.801. The predicted octanol–water partition coefficient (Wildman–Crippen LogP) is 1.41. The van der Waals surface area contributed by atoms with Crippen molar-refractivity contribution >= 4 is 11.6 Å². The van der Waals surface area contributed by atoms with Crippen molar-refractivity contribution in [3.8, 4) is 5.75 Å². The van der Waals surface area contributed by atoms with Gasteiger partial charge in [0.2, 0.25) is 0 Å². The maximum Gasteiger partial charge on any atom is 0.256 e. The minimum absolute atomic E-state index is 0.0409. The third-order valence-corrected chi connectivity index (χ3v) is 4.43. The Bertz CT molecular complexity index is 518. The summed E-state index contributed by atoms with van der Waals surface area (Å²) in [5, 5.41) is 9.81. The first kappa shape index (κ1) is 13.2. The highest BCUT2D eigenvalue weighted by atomic mass is 16.5. The lowest BCUT2D eigenvalue weighted by Crippen LogP contribution is -2.48. The summed E-state index contributed by atoms with van der Waals surface area (Å²) in [7, 11) is 1.57. The normalized spacial score (nSPS) is 28.5. The van der Waals surface area contributed by atoms with Crippen LogP contribution in [0.15, 0.2) is 18.2 Å². The van der Waals surface area contributed by atoms with Crippen molar-refractivity contribution in [2.45, 2.75) is 43.9 Å². The van der Waals surface area contributed by atoms with E-state index in [2.05, 4.69) is 0 Å². The number of hydrogen-bond acceptors (Lipinski definition) is 4. The predicted molar refractivity (Wildman–Crippen MR) is 75.6 cm³/mol. The van der Waals surface area contributed by atoms with Gasteiger partial charge in [-0.2, -0.15) is 0 Å². The highest BCUT2D eigenvalue weighted by molar-refractivity contribution is 6.00. The van der Waals surface area contributed by atoms with Crippen LogP contribution in [0.2, 0.25) is 0 Å². The number of fused-ring (bicyclic) bond motifs is 2. The van der Waals surface area contributed by atoms with E-state index in [1.54, 1.807) is 25.3 Å². The van der Waals surface area contributed by atoms with E-state index in [-0.39, 0.29) is 24.1 Å². The van der Waals surface area contributed by atoms with Gasteiger partial charge in [0.05, 0.1) is 18.8 Å². The number of nitrogens with zero attached hydrogens (tertiary/aromatic N) is 1. The van der Waals surface area contributed by atoms with Crippen LogP contribution in [0, 0.1) is 0 Å². The van der Waals surface area contributed by atoms with E-state index in [0.29, 0.717) is 29.8 Å². The zero-order valence-electron chi connectivity index (χ0n) is 11.6. The van der Waals surface area contributed by atoms with Gasteiger partial charge in [-0.25, -0.2) is 0 Å². The second kappa shape index (κ2) is 4.98. The topological polar surface area (TPSA) is 75.8 Å². The van der Waals surface area contributed by atoms with Crippen LogP contribution in [0.4, 0.5) is 5.69 Å². The molecule has 0 aliphatic carbocycles. The van der Waals surface area contributed by atoms with Crippen LogP contribution < -0.4 is 10.5 Å². The monoisotopic (exact) mass is 276 g/mol. The van der Waals surface area contributed by atoms with Gasteiger partial charge in [-0.3, -0.25) is 4.79 Å². The number of nitrogens with two attached hydrogens (primary N) is 1. The number of benzene rings is 1. The minimum atomic E-state index is -0.279. The lowest BCUT2D eigenvalue weighted by Gasteiger charge is -2.37. The third kappa shape index (κ3) is 2.12. The zero-order chi connectivity index (χ0) is 14.3. The third-order valence-electron chi connectivity index (χ3n) is 4.43. The van der Waals surface area contributed by atoms with Gasteiger partial charge in [-0.1, -0.05) is 0 Å². The highest BCUT2D eigenvalue weighted by Gasteiger charge is 2.43. The van der Waals surface area contributed by atoms with Crippen molar-refractivity contribution in [3.63, 3.8) is 0 Å². The standard InChI is InChI=1S/C15H20N2O3/c1-20-12-4-5-14(16)13(8-12)15(19)17-9-2-3-10(17)7-11(18)6-9/h4-5,8-11,18H,2-3,6-7,16H2,1H3. The molecular weight excluding hydrogens is 256 g/mol. The zero-order valence-corrected chi connectivity index (χ0v) is 11.6. The highest BCUT2D eigenvalue weighted by Crippen LogP contribution is 2.37. The van der Waals surface area contributed by atoms with Crippen LogP contribution in [0.3, 0.4) is 0 Å². The number of amides is 1. The molecule has 1 aromatic rings. The summed E-state index contributed by atoms with van der Waals surface area (Å²) in [6.45, 7) is 0. The Morgan fingerprint density at radius 2 is 2.00 bits per heavy atom. The Morgan fingerprint density at radius 3 is 2.60 bits per heavy atom. The van der Waals surface area contributed by atoms with Crippen LogP contribution in [0.25, 0.3) is 0 Å². The average Bonchev–Trinajstić information content (AvgIpc) is 2.71. The number of nitrogen functional groups attached to an aromatic ring is 1. The molecule has 2 fully saturated rings. The SMILES string of the molecule is COc1ccc(N)c(C(=O)N2C3CCC2CC(O)C3)c1. The van der Waals surface area contributed by atoms with E-state index in [1.807, 2.05) is 4.90 Å². The van der Waals surface area contributed by atoms with Crippen molar-refractivity contribution < 1.29 is 14.6 Å². The number of anilines is 1. The summed E-state index contributed by atoms with van der Waals surface area (Å²) >= 11 is 0. The number of aliphatic hydroxyl groups is 1. The van der Waals surface area contributed by atoms with Gasteiger partial charge in [-0.05, 0) is 43.9 Å². The van der Waals surface area contributed by atoms with Gasteiger partial charge in [0, 0.05) is 17.8 Å². The van der Waals surface area contributed by atoms with Crippen LogP contribution in [0.1, 0.15) is 36.0 Å². The van der Waals surface area contributed by atoms with Gasteiger partial charge in [0.25, 0.3) is 5.91 Å². The molecule has 0 saturated carbocycles. The molecule has 1 aromatic carbocycles. The number of piperidine rings is 1. The van der Waals surface area contributed by atoms with Crippen LogP contribution in [-0.4, -0.2) is 41.2 Å². The fourth-order valence-corrected chi connectivity index (χ4v) is 3.47. The van der Waals surface area contributed by atoms with Crippen molar-refractivity contribution in [2.24, 2.45) is 0 Å². The van der Waals surface area contributed by atoms with Crippen LogP contribution in [-0.2, 0) is 0 Å². The molecular formula is C15H20N2O3. The Labute approximate surface area is 118 Å². The van der Waals surface area contributed by atoms with E-state index in [0.717, 1.165) is 12.8 Å². The van der Waals surface area contributed by atoms with Crippen molar-refractivity contribution in [3.05, 3.63) is 23.8 Å². The maximum atomic E-state index is 12.8. The lowest BCUT2D eigenvalue weighted by molar-refractivity contribution is 0.0287. The van der Waals surface area contributed by atoms with Gasteiger partial charge >= 0.3 is 0 Å². The number of aliphatic hydroxyl groups excluding tert-OH is 1. The smallest absolute Gasteiger partial charge is 0.256 e. The molecule has 20 heavy (non-hydrogen) atoms. The summed E-state index contributed by atoms with van der Waals surface area (Å²) in [5.74, 6) is 0.591. The van der Waals surface area contributed by atoms with Crippen molar-refractivity contribution in [1.82, 2.24) is 4.90 Å². The summed E-state index contributed by atoms with van der Waals surface area (Å²) < 4.78 is 5.17. The molecule has 0 spiro atoms. The molecule has 2 atom stereocenters. The van der Waals surface area contributed by atoms with Crippen LogP contribution in [0.5, 0.6) is 5.75 Å². The Balaban J connectivity index is 1.90. The van der Waals surface area contributed by atoms with E-state index < -0.39 is 0 Å². The maximum absolute atomic E-state index is 12.8. The summed E-state index contributed by atoms with van der Waals surface area (Å²) in [4.78, 5) is 14.7. The van der Waals surface area contributed by atoms with E-state index >= 15 is 0 Å². The molecule has 2 heterocycles. The second-order valence-corrected chi connectivity index (χ2v) is 5.68. The van der Waals surface area contributed by atoms with E-state index in [9.17, 15) is 9.90 Å². The molecule has 1 amide bonds. The Kier molecular flexibility index (Phi) is 3.30. The lowest BCUT2D eigenvalue weighted by atomic mass is 9.98. The minimum Gasteiger partial charge on any atom is -0.497 e. The fraction of sp³-hybridized carbons (Fsp3) is 0.533. The number of ether oxygens (including phenoxy) is 1. The van der Waals surface area contributed by atoms with E-state index in [4.69, 9.17) is 10.5 Å². The number of carbonyl (C=O) groups is 1. The van der Waals surface area contributed by atoms with Crippen molar-refractivity contribution in [1.29, 1.82) is 0 Å². The average molecular weight is 276 g/mol. The molecule has 3 N–H and O–H groups in total. The van der Waals surface area contributed by atoms with Gasteiger partial charge in [0.15, 0.2) is 0 Å². The molecule has 2 aliphatic heterocycles. The van der Waals surface area contributed by atoms with Crippen LogP contribution >= 0.6 is 0 Å². The molecule has 0 aromatic heterocycles. The van der Waals surface area contributed by atoms with Gasteiger partial charge < -0.3 is 20.5 Å². The second-order valence-electron chi connectivity index (χ2n) is 5.68. The number of hydrogen-bond donors (Lipinski definition) is 2. The Hall–Kier alpha value is -1.75. The van der Waals surface area contributed by atoms with Gasteiger partial charge in [-0.15, -0.1) is 0 Å². The van der Waals surface area contributed by atoms with Gasteiger partial charge in [0.1, 0.15) is 5.75 Å². The molecule has 0 radical (unpaired) electrons. The number of rotatable bonds is 2. The molecule has 5 heteroatoms. The molecule has 5 nitrogen and oxygen atoms in total. The molecule has 2 saturated heterocycles. The summed E-state index contributed by atoms with van der Waals surface area (Å²) in [5.41, 5.74) is 6.91. The molecule has 2 aliphatic rings. The van der Waals surface area contributed by atoms with E-state index in [1.165, 1.54) is 0 Å². The number of carbonyl (C=O) groups excluding carboxylic acids is 1. The first-order valence-electron chi connectivity index (χ1n) is 7.04. The summed E-state index contributed by atoms with van der Waals surface area (Å²) in [6, 6.07) is 5.43. The number of methoxy groups -OCH3 is 1. The fourth-order valence-electron chi connectivity index (χ4n) is 3.47. The van der Waals surface area contributed by atoms with Crippen molar-refractivity contribution in [2.75, 3.05) is 12.8 Å². The first-order chi connectivity index (χ1) is 9.60. The largest absolute Gasteiger partial charge is 0.497 e. The first-order valence-corrected chi connectivity index (χ1v) is 7.04. The molecule has 2 unspecified atom stereocenters. The summed E-state index contributed by atoms with van der Waals surface area (Å²) in [6.07, 6.45) is 3.01. The molecule has 108 valence electrons.